The Bertz CT molecular complexity index is 693. The summed E-state index contributed by atoms with van der Waals surface area (Å²) in [6.45, 7) is 4.46. The summed E-state index contributed by atoms with van der Waals surface area (Å²) >= 11 is 5.16. The van der Waals surface area contributed by atoms with Gasteiger partial charge in [0.1, 0.15) is 5.75 Å². The lowest BCUT2D eigenvalue weighted by Crippen LogP contribution is -2.33. The number of thiocarbonyl (C=S) groups is 1. The molecule has 108 valence electrons. The maximum atomic E-state index is 5.31. The zero-order chi connectivity index (χ0) is 15.0. The van der Waals surface area contributed by atoms with Crippen molar-refractivity contribution in [3.8, 4) is 16.9 Å². The zero-order valence-corrected chi connectivity index (χ0v) is 13.3. The highest BCUT2D eigenvalue weighted by Gasteiger charge is 2.37. The van der Waals surface area contributed by atoms with Gasteiger partial charge in [0, 0.05) is 16.5 Å². The molecule has 1 unspecified atom stereocenters. The van der Waals surface area contributed by atoms with Crippen molar-refractivity contribution in [2.45, 2.75) is 25.3 Å². The van der Waals surface area contributed by atoms with Crippen LogP contribution >= 0.6 is 12.2 Å². The van der Waals surface area contributed by atoms with E-state index < -0.39 is 0 Å². The lowest BCUT2D eigenvalue weighted by molar-refractivity contribution is 0.415. The molecule has 1 aliphatic heterocycles. The minimum absolute atomic E-state index is 0.00591. The number of hydrogen-bond donors (Lipinski definition) is 1. The first-order valence-electron chi connectivity index (χ1n) is 7.07. The smallest absolute Gasteiger partial charge is 0.119 e. The fourth-order valence-electron chi connectivity index (χ4n) is 2.91. The second-order valence-electron chi connectivity index (χ2n) is 5.97. The highest BCUT2D eigenvalue weighted by molar-refractivity contribution is 7.79. The van der Waals surface area contributed by atoms with Crippen molar-refractivity contribution in [3.05, 3.63) is 48.0 Å². The zero-order valence-electron chi connectivity index (χ0n) is 12.5. The van der Waals surface area contributed by atoms with Crippen LogP contribution in [-0.2, 0) is 5.41 Å². The van der Waals surface area contributed by atoms with E-state index in [4.69, 9.17) is 17.0 Å². The number of rotatable bonds is 3. The topological polar surface area (TPSA) is 21.3 Å². The molecule has 3 rings (SSSR count). The first-order chi connectivity index (χ1) is 10.1. The van der Waals surface area contributed by atoms with Crippen LogP contribution in [0.2, 0.25) is 0 Å². The van der Waals surface area contributed by atoms with Crippen LogP contribution in [0.3, 0.4) is 0 Å². The molecule has 0 amide bonds. The van der Waals surface area contributed by atoms with Crippen LogP contribution in [0.25, 0.3) is 11.1 Å². The molecule has 0 saturated heterocycles. The predicted octanol–water partition coefficient (Wildman–Crippen LogP) is 4.43. The molecular weight excluding hydrogens is 278 g/mol. The summed E-state index contributed by atoms with van der Waals surface area (Å²) < 4.78 is 5.31. The molecule has 2 aromatic carbocycles. The van der Waals surface area contributed by atoms with Crippen molar-refractivity contribution in [2.75, 3.05) is 12.4 Å². The third-order valence-electron chi connectivity index (χ3n) is 4.34. The number of nitrogens with one attached hydrogen (secondary N) is 1. The molecule has 0 saturated carbocycles. The lowest BCUT2D eigenvalue weighted by atomic mass is 9.80. The second-order valence-corrected chi connectivity index (χ2v) is 6.24. The Morgan fingerprint density at radius 2 is 1.90 bits per heavy atom. The molecule has 2 nitrogen and oxygen atoms in total. The van der Waals surface area contributed by atoms with Gasteiger partial charge in [0.05, 0.1) is 13.2 Å². The Hall–Kier alpha value is -1.87. The number of hydrogen-bond acceptors (Lipinski definition) is 3. The number of fused-ring (bicyclic) bond motifs is 1. The average molecular weight is 297 g/mol. The Labute approximate surface area is 131 Å². The minimum atomic E-state index is 0.00591. The number of benzene rings is 2. The third-order valence-corrected chi connectivity index (χ3v) is 4.61. The van der Waals surface area contributed by atoms with E-state index in [1.54, 1.807) is 7.11 Å². The van der Waals surface area contributed by atoms with E-state index in [2.05, 4.69) is 49.5 Å². The average Bonchev–Trinajstić information content (AvgIpc) is 2.77. The van der Waals surface area contributed by atoms with Crippen molar-refractivity contribution >= 4 is 23.3 Å². The summed E-state index contributed by atoms with van der Waals surface area (Å²) in [6.07, 6.45) is 0. The molecule has 21 heavy (non-hydrogen) atoms. The fraction of sp³-hybridized carbons (Fsp3) is 0.278. The lowest BCUT2D eigenvalue weighted by Gasteiger charge is -2.24. The first-order valence-corrected chi connectivity index (χ1v) is 7.54. The molecule has 2 aromatic rings. The summed E-state index contributed by atoms with van der Waals surface area (Å²) in [4.78, 5) is 0. The molecular formula is C18H19NOS. The molecule has 1 atom stereocenters. The van der Waals surface area contributed by atoms with Gasteiger partial charge in [-0.25, -0.2) is 0 Å². The number of methoxy groups -OCH3 is 1. The van der Waals surface area contributed by atoms with Crippen LogP contribution in [0.15, 0.2) is 42.5 Å². The molecule has 0 aromatic heterocycles. The van der Waals surface area contributed by atoms with Gasteiger partial charge in [-0.15, -0.1) is 0 Å². The summed E-state index contributed by atoms with van der Waals surface area (Å²) in [5.41, 5.74) is 4.87. The maximum Gasteiger partial charge on any atom is 0.119 e. The monoisotopic (exact) mass is 297 g/mol. The Morgan fingerprint density at radius 1 is 1.14 bits per heavy atom. The van der Waals surface area contributed by atoms with Gasteiger partial charge in [-0.05, 0) is 41.0 Å². The molecule has 0 bridgehead atoms. The van der Waals surface area contributed by atoms with Crippen LogP contribution < -0.4 is 10.1 Å². The quantitative estimate of drug-likeness (QED) is 0.847. The highest BCUT2D eigenvalue weighted by Crippen LogP contribution is 2.42. The molecule has 1 N–H and O–H groups in total. The van der Waals surface area contributed by atoms with Crippen molar-refractivity contribution in [1.82, 2.24) is 0 Å². The maximum absolute atomic E-state index is 5.31. The normalized spacial score (nSPS) is 18.7. The predicted molar refractivity (Wildman–Crippen MR) is 92.5 cm³/mol. The molecule has 0 fully saturated rings. The van der Waals surface area contributed by atoms with Crippen LogP contribution in [-0.4, -0.2) is 18.5 Å². The molecule has 0 radical (unpaired) electrons. The Balaban J connectivity index is 2.07. The SMILES string of the molecule is COc1cccc(-c2ccc3c(c2)C(C)(C)C(C=S)N3)c1. The van der Waals surface area contributed by atoms with Crippen LogP contribution in [0.4, 0.5) is 5.69 Å². The second kappa shape index (κ2) is 5.15. The summed E-state index contributed by atoms with van der Waals surface area (Å²) in [5.74, 6) is 0.877. The largest absolute Gasteiger partial charge is 0.497 e. The molecule has 0 aliphatic carbocycles. The fourth-order valence-corrected chi connectivity index (χ4v) is 3.31. The van der Waals surface area contributed by atoms with E-state index in [9.17, 15) is 0 Å². The van der Waals surface area contributed by atoms with Gasteiger partial charge in [0.15, 0.2) is 0 Å². The summed E-state index contributed by atoms with van der Waals surface area (Å²) in [7, 11) is 1.69. The van der Waals surface area contributed by atoms with E-state index in [1.807, 2.05) is 17.5 Å². The van der Waals surface area contributed by atoms with Gasteiger partial charge in [-0.1, -0.05) is 44.3 Å². The van der Waals surface area contributed by atoms with Gasteiger partial charge in [-0.2, -0.15) is 0 Å². The van der Waals surface area contributed by atoms with Gasteiger partial charge >= 0.3 is 0 Å². The van der Waals surface area contributed by atoms with Crippen LogP contribution in [0.5, 0.6) is 5.75 Å². The van der Waals surface area contributed by atoms with Crippen LogP contribution in [0, 0.1) is 0 Å². The summed E-state index contributed by atoms with van der Waals surface area (Å²) in [5, 5.41) is 5.32. The minimum Gasteiger partial charge on any atom is -0.497 e. The van der Waals surface area contributed by atoms with Gasteiger partial charge in [0.2, 0.25) is 0 Å². The molecule has 3 heteroatoms. The van der Waals surface area contributed by atoms with Gasteiger partial charge < -0.3 is 10.1 Å². The number of anilines is 1. The van der Waals surface area contributed by atoms with E-state index in [0.29, 0.717) is 0 Å². The third kappa shape index (κ3) is 2.32. The van der Waals surface area contributed by atoms with Crippen molar-refractivity contribution in [2.24, 2.45) is 0 Å². The first kappa shape index (κ1) is 14.1. The Morgan fingerprint density at radius 3 is 2.62 bits per heavy atom. The van der Waals surface area contributed by atoms with Crippen molar-refractivity contribution in [1.29, 1.82) is 0 Å². The van der Waals surface area contributed by atoms with Crippen LogP contribution in [0.1, 0.15) is 19.4 Å². The highest BCUT2D eigenvalue weighted by atomic mass is 32.1. The standard InChI is InChI=1S/C18H19NOS/c1-18(2)15-10-13(7-8-16(15)19-17(18)11-21)12-5-4-6-14(9-12)20-3/h4-11,17,19H,1-3H3. The van der Waals surface area contributed by atoms with E-state index in [-0.39, 0.29) is 11.5 Å². The molecule has 1 aliphatic rings. The van der Waals surface area contributed by atoms with E-state index in [1.165, 1.54) is 22.4 Å². The molecule has 1 heterocycles. The Kier molecular flexibility index (Phi) is 3.46. The van der Waals surface area contributed by atoms with Gasteiger partial charge in [0.25, 0.3) is 0 Å². The number of ether oxygens (including phenoxy) is 1. The summed E-state index contributed by atoms with van der Waals surface area (Å²) in [6, 6.07) is 14.9. The van der Waals surface area contributed by atoms with Gasteiger partial charge in [-0.3, -0.25) is 0 Å². The van der Waals surface area contributed by atoms with Crippen molar-refractivity contribution in [3.63, 3.8) is 0 Å². The van der Waals surface area contributed by atoms with Crippen molar-refractivity contribution < 1.29 is 4.74 Å². The van der Waals surface area contributed by atoms with E-state index in [0.717, 1.165) is 5.75 Å². The van der Waals surface area contributed by atoms with E-state index >= 15 is 0 Å². The molecule has 0 spiro atoms.